The number of benzene rings is 9. The van der Waals surface area contributed by atoms with E-state index in [1.807, 2.05) is 0 Å². The van der Waals surface area contributed by atoms with Crippen molar-refractivity contribution in [2.24, 2.45) is 5.92 Å². The summed E-state index contributed by atoms with van der Waals surface area (Å²) in [4.78, 5) is 4.96. The smallest absolute Gasteiger partial charge is 0.159 e. The van der Waals surface area contributed by atoms with Crippen LogP contribution in [0.4, 0.5) is 28.4 Å². The Bertz CT molecular complexity index is 3640. The first-order valence-corrected chi connectivity index (χ1v) is 22.5. The molecule has 0 saturated heterocycles. The fourth-order valence-electron chi connectivity index (χ4n) is 10.6. The van der Waals surface area contributed by atoms with Crippen molar-refractivity contribution in [3.8, 4) is 0 Å². The zero-order chi connectivity index (χ0) is 42.5. The highest BCUT2D eigenvalue weighted by molar-refractivity contribution is 6.30. The molecule has 2 aromatic heterocycles. The van der Waals surface area contributed by atoms with Crippen molar-refractivity contribution in [1.82, 2.24) is 0 Å². The van der Waals surface area contributed by atoms with Gasteiger partial charge >= 0.3 is 0 Å². The van der Waals surface area contributed by atoms with Crippen LogP contribution in [-0.4, -0.2) is 0 Å². The van der Waals surface area contributed by atoms with E-state index in [9.17, 15) is 0 Å². The highest BCUT2D eigenvalue weighted by Crippen LogP contribution is 2.53. The van der Waals surface area contributed by atoms with Gasteiger partial charge in [-0.2, -0.15) is 0 Å². The minimum absolute atomic E-state index is 0.263. The molecular weight excluding hydrogens is 769 g/mol. The van der Waals surface area contributed by atoms with Gasteiger partial charge in [0, 0.05) is 49.6 Å². The maximum atomic E-state index is 6.83. The van der Waals surface area contributed by atoms with Crippen molar-refractivity contribution in [2.75, 3.05) is 9.80 Å². The summed E-state index contributed by atoms with van der Waals surface area (Å²) in [5.74, 6) is 0.819. The first kappa shape index (κ1) is 37.5. The summed E-state index contributed by atoms with van der Waals surface area (Å²) in [5.41, 5.74) is 12.9. The third-order valence-corrected chi connectivity index (χ3v) is 13.6. The largest absolute Gasteiger partial charge is 0.454 e. The summed E-state index contributed by atoms with van der Waals surface area (Å²) in [6.45, 7) is 11.7. The molecule has 1 aliphatic rings. The number of furan rings is 2. The standard InChI is InChI=1S/C59H48N2O2/c1-35(2)47-33-52(60(38-18-7-6-8-19-38)50-25-15-22-43-39-20-10-13-27-54(39)62-58(43)50)45-31-29-42-48(36(3)4)34-53(46-32-30-41(47)56(45)57(42)46)61(49-24-12-9-17-37(49)5)51-26-16-23-44-40-21-11-14-28-55(40)63-59(44)51/h6-16,18-37H,17H2,1-5H3. The van der Waals surface area contributed by atoms with Crippen molar-refractivity contribution in [2.45, 2.75) is 52.9 Å². The van der Waals surface area contributed by atoms with E-state index in [0.29, 0.717) is 0 Å². The molecule has 0 aliphatic heterocycles. The minimum Gasteiger partial charge on any atom is -0.454 e. The van der Waals surface area contributed by atoms with E-state index in [0.717, 1.165) is 73.0 Å². The monoisotopic (exact) mass is 816 g/mol. The molecule has 1 atom stereocenters. The fraction of sp³-hybridized carbons (Fsp3) is 0.153. The number of allylic oxidation sites excluding steroid dienone is 4. The molecule has 1 aliphatic carbocycles. The Morgan fingerprint density at radius 2 is 0.937 bits per heavy atom. The quantitative estimate of drug-likeness (QED) is 0.143. The lowest BCUT2D eigenvalue weighted by Crippen LogP contribution is -2.23. The van der Waals surface area contributed by atoms with E-state index >= 15 is 0 Å². The van der Waals surface area contributed by atoms with Gasteiger partial charge in [-0.25, -0.2) is 0 Å². The van der Waals surface area contributed by atoms with Crippen LogP contribution in [0.1, 0.15) is 64.0 Å². The van der Waals surface area contributed by atoms with Gasteiger partial charge in [0.1, 0.15) is 11.2 Å². The highest BCUT2D eigenvalue weighted by atomic mass is 16.3. The van der Waals surface area contributed by atoms with Crippen LogP contribution in [0.3, 0.4) is 0 Å². The molecule has 12 rings (SSSR count). The molecule has 0 bridgehead atoms. The normalized spacial score (nSPS) is 14.5. The highest BCUT2D eigenvalue weighted by Gasteiger charge is 2.30. The third-order valence-electron chi connectivity index (χ3n) is 13.6. The molecule has 63 heavy (non-hydrogen) atoms. The second-order valence-electron chi connectivity index (χ2n) is 18.0. The first-order chi connectivity index (χ1) is 30.9. The number of fused-ring (bicyclic) bond motifs is 6. The van der Waals surface area contributed by atoms with Crippen LogP contribution in [0.5, 0.6) is 0 Å². The molecule has 9 aromatic carbocycles. The van der Waals surface area contributed by atoms with Gasteiger partial charge in [0.15, 0.2) is 11.2 Å². The average Bonchev–Trinajstić information content (AvgIpc) is 3.89. The molecule has 0 saturated carbocycles. The van der Waals surface area contributed by atoms with Gasteiger partial charge in [0.05, 0.1) is 22.7 Å². The van der Waals surface area contributed by atoms with Crippen molar-refractivity contribution in [3.63, 3.8) is 0 Å². The van der Waals surface area contributed by atoms with Crippen molar-refractivity contribution >= 4 is 105 Å². The molecule has 0 fully saturated rings. The van der Waals surface area contributed by atoms with Crippen molar-refractivity contribution in [3.05, 3.63) is 187 Å². The summed E-state index contributed by atoms with van der Waals surface area (Å²) in [6, 6.07) is 55.3. The van der Waals surface area contributed by atoms with E-state index in [1.54, 1.807) is 0 Å². The summed E-state index contributed by atoms with van der Waals surface area (Å²) >= 11 is 0. The van der Waals surface area contributed by atoms with Crippen LogP contribution in [0.2, 0.25) is 0 Å². The SMILES string of the molecule is CC1CC=CC=C1N(c1cc(C(C)C)c2ccc3c(N(c4ccccc4)c4cccc5c4oc4ccccc45)cc(C(C)C)c4ccc1c2c43)c1cccc2c1oc1ccccc12. The van der Waals surface area contributed by atoms with Crippen LogP contribution in [0, 0.1) is 5.92 Å². The predicted molar refractivity (Wildman–Crippen MR) is 267 cm³/mol. The number of hydrogen-bond donors (Lipinski definition) is 0. The lowest BCUT2D eigenvalue weighted by molar-refractivity contribution is 0.656. The molecule has 11 aromatic rings. The van der Waals surface area contributed by atoms with E-state index in [-0.39, 0.29) is 17.8 Å². The Kier molecular flexibility index (Phi) is 8.56. The Morgan fingerprint density at radius 3 is 1.48 bits per heavy atom. The fourth-order valence-corrected chi connectivity index (χ4v) is 10.6. The van der Waals surface area contributed by atoms with Crippen molar-refractivity contribution < 1.29 is 8.83 Å². The average molecular weight is 817 g/mol. The predicted octanol–water partition coefficient (Wildman–Crippen LogP) is 17.7. The summed E-state index contributed by atoms with van der Waals surface area (Å²) in [6.07, 6.45) is 7.79. The molecule has 0 N–H and O–H groups in total. The second-order valence-corrected chi connectivity index (χ2v) is 18.0. The summed E-state index contributed by atoms with van der Waals surface area (Å²) in [7, 11) is 0. The first-order valence-electron chi connectivity index (χ1n) is 22.5. The second kappa shape index (κ2) is 14.4. The maximum Gasteiger partial charge on any atom is 0.159 e. The molecule has 0 radical (unpaired) electrons. The number of hydrogen-bond acceptors (Lipinski definition) is 4. The minimum atomic E-state index is 0.263. The number of rotatable bonds is 8. The van der Waals surface area contributed by atoms with Gasteiger partial charge in [-0.3, -0.25) is 0 Å². The maximum absolute atomic E-state index is 6.83. The number of nitrogens with zero attached hydrogens (tertiary/aromatic N) is 2. The molecule has 306 valence electrons. The Balaban J connectivity index is 1.21. The van der Waals surface area contributed by atoms with Crippen LogP contribution >= 0.6 is 0 Å². The number of anilines is 5. The van der Waals surface area contributed by atoms with Crippen LogP contribution in [-0.2, 0) is 0 Å². The van der Waals surface area contributed by atoms with E-state index in [4.69, 9.17) is 8.83 Å². The van der Waals surface area contributed by atoms with Gasteiger partial charge in [0.2, 0.25) is 0 Å². The van der Waals surface area contributed by atoms with Crippen LogP contribution in [0.15, 0.2) is 184 Å². The number of para-hydroxylation sites is 5. The molecular formula is C59H48N2O2. The molecule has 1 unspecified atom stereocenters. The summed E-state index contributed by atoms with van der Waals surface area (Å²) < 4.78 is 13.6. The Hall–Kier alpha value is -7.30. The lowest BCUT2D eigenvalue weighted by Gasteiger charge is -2.34. The van der Waals surface area contributed by atoms with E-state index < -0.39 is 0 Å². The summed E-state index contributed by atoms with van der Waals surface area (Å²) in [5, 5.41) is 12.1. The molecule has 4 nitrogen and oxygen atoms in total. The van der Waals surface area contributed by atoms with E-state index in [2.05, 4.69) is 214 Å². The van der Waals surface area contributed by atoms with Gasteiger partial charge in [0.25, 0.3) is 0 Å². The van der Waals surface area contributed by atoms with Gasteiger partial charge in [-0.15, -0.1) is 0 Å². The van der Waals surface area contributed by atoms with Crippen LogP contribution in [0.25, 0.3) is 76.2 Å². The van der Waals surface area contributed by atoms with Gasteiger partial charge in [-0.05, 0) is 106 Å². The third kappa shape index (κ3) is 5.67. The van der Waals surface area contributed by atoms with Gasteiger partial charge in [-0.1, -0.05) is 150 Å². The topological polar surface area (TPSA) is 32.8 Å². The Morgan fingerprint density at radius 1 is 0.460 bits per heavy atom. The van der Waals surface area contributed by atoms with Crippen LogP contribution < -0.4 is 9.80 Å². The molecule has 4 heteroatoms. The van der Waals surface area contributed by atoms with Gasteiger partial charge < -0.3 is 18.6 Å². The van der Waals surface area contributed by atoms with E-state index in [1.165, 1.54) is 54.8 Å². The zero-order valence-electron chi connectivity index (χ0n) is 36.3. The lowest BCUT2D eigenvalue weighted by atomic mass is 9.83. The zero-order valence-corrected chi connectivity index (χ0v) is 36.3. The van der Waals surface area contributed by atoms with Crippen molar-refractivity contribution in [1.29, 1.82) is 0 Å². The molecule has 0 amide bonds. The molecule has 2 heterocycles. The Labute approximate surface area is 367 Å². The molecule has 0 spiro atoms.